The highest BCUT2D eigenvalue weighted by atomic mass is 35.5. The molecule has 2 heterocycles. The van der Waals surface area contributed by atoms with E-state index in [2.05, 4.69) is 4.98 Å². The van der Waals surface area contributed by atoms with Gasteiger partial charge in [-0.3, -0.25) is 4.98 Å². The Hall–Kier alpha value is -1.86. The molecule has 0 radical (unpaired) electrons. The second-order valence-corrected chi connectivity index (χ2v) is 9.04. The van der Waals surface area contributed by atoms with Crippen LogP contribution in [0.1, 0.15) is 0 Å². The van der Waals surface area contributed by atoms with Crippen LogP contribution in [0.4, 0.5) is 5.69 Å². The van der Waals surface area contributed by atoms with Gasteiger partial charge in [-0.1, -0.05) is 59.6 Å². The van der Waals surface area contributed by atoms with E-state index in [1.807, 2.05) is 35.2 Å². The Labute approximate surface area is 168 Å². The fourth-order valence-electron chi connectivity index (χ4n) is 3.42. The van der Waals surface area contributed by atoms with Crippen molar-refractivity contribution < 1.29 is 8.42 Å². The van der Waals surface area contributed by atoms with Crippen molar-refractivity contribution in [1.82, 2.24) is 9.29 Å². The van der Waals surface area contributed by atoms with Crippen LogP contribution in [0.2, 0.25) is 10.0 Å². The van der Waals surface area contributed by atoms with Crippen LogP contribution >= 0.6 is 23.2 Å². The van der Waals surface area contributed by atoms with Gasteiger partial charge in [0.1, 0.15) is 0 Å². The maximum Gasteiger partial charge on any atom is 0.243 e. The summed E-state index contributed by atoms with van der Waals surface area (Å²) in [6, 6.07) is 12.9. The SMILES string of the molecule is O=S(=O)(c1cccc2ccccc12)N1CCN(c2c(Cl)cncc2Cl)CC1. The number of hydrogen-bond donors (Lipinski definition) is 0. The molecule has 0 saturated carbocycles. The summed E-state index contributed by atoms with van der Waals surface area (Å²) in [5.41, 5.74) is 0.704. The molecule has 1 aliphatic heterocycles. The quantitative estimate of drug-likeness (QED) is 0.639. The van der Waals surface area contributed by atoms with Crippen LogP contribution in [-0.2, 0) is 10.0 Å². The van der Waals surface area contributed by atoms with Crippen LogP contribution in [0, 0.1) is 0 Å². The average molecular weight is 422 g/mol. The molecule has 2 aromatic carbocycles. The van der Waals surface area contributed by atoms with Crippen molar-refractivity contribution in [1.29, 1.82) is 0 Å². The van der Waals surface area contributed by atoms with E-state index in [4.69, 9.17) is 23.2 Å². The monoisotopic (exact) mass is 421 g/mol. The van der Waals surface area contributed by atoms with E-state index >= 15 is 0 Å². The van der Waals surface area contributed by atoms with E-state index < -0.39 is 10.0 Å². The summed E-state index contributed by atoms with van der Waals surface area (Å²) >= 11 is 12.5. The van der Waals surface area contributed by atoms with Crippen LogP contribution < -0.4 is 4.90 Å². The zero-order valence-electron chi connectivity index (χ0n) is 14.3. The minimum absolute atomic E-state index is 0.342. The predicted octanol–water partition coefficient (Wildman–Crippen LogP) is 4.05. The molecule has 0 spiro atoms. The molecule has 5 nitrogen and oxygen atoms in total. The lowest BCUT2D eigenvalue weighted by atomic mass is 10.1. The van der Waals surface area contributed by atoms with Crippen molar-refractivity contribution in [3.63, 3.8) is 0 Å². The van der Waals surface area contributed by atoms with Crippen LogP contribution in [-0.4, -0.2) is 43.9 Å². The molecular weight excluding hydrogens is 405 g/mol. The molecule has 0 atom stereocenters. The number of pyridine rings is 1. The Morgan fingerprint density at radius 3 is 2.19 bits per heavy atom. The molecule has 3 aromatic rings. The molecule has 1 fully saturated rings. The Bertz CT molecular complexity index is 1070. The number of nitrogens with zero attached hydrogens (tertiary/aromatic N) is 3. The van der Waals surface area contributed by atoms with E-state index in [1.54, 1.807) is 24.5 Å². The lowest BCUT2D eigenvalue weighted by Crippen LogP contribution is -2.48. The van der Waals surface area contributed by atoms with Crippen LogP contribution in [0.5, 0.6) is 0 Å². The van der Waals surface area contributed by atoms with Gasteiger partial charge in [0.05, 0.1) is 20.6 Å². The standard InChI is InChI=1S/C19H17Cl2N3O2S/c20-16-12-22-13-17(21)19(16)23-8-10-24(11-9-23)27(25,26)18-7-3-5-14-4-1-2-6-15(14)18/h1-7,12-13H,8-11H2. The van der Waals surface area contributed by atoms with Gasteiger partial charge < -0.3 is 4.90 Å². The zero-order chi connectivity index (χ0) is 19.0. The van der Waals surface area contributed by atoms with Gasteiger partial charge >= 0.3 is 0 Å². The third kappa shape index (κ3) is 3.38. The molecule has 8 heteroatoms. The number of fused-ring (bicyclic) bond motifs is 1. The Balaban J connectivity index is 1.60. The molecule has 1 aromatic heterocycles. The number of benzene rings is 2. The highest BCUT2D eigenvalue weighted by Crippen LogP contribution is 2.34. The lowest BCUT2D eigenvalue weighted by Gasteiger charge is -2.36. The topological polar surface area (TPSA) is 53.5 Å². The van der Waals surface area contributed by atoms with Crippen molar-refractivity contribution in [2.75, 3.05) is 31.1 Å². The highest BCUT2D eigenvalue weighted by molar-refractivity contribution is 7.89. The number of anilines is 1. The first kappa shape index (κ1) is 18.5. The second kappa shape index (κ2) is 7.28. The molecule has 4 rings (SSSR count). The van der Waals surface area contributed by atoms with Gasteiger partial charge in [-0.05, 0) is 11.5 Å². The predicted molar refractivity (Wildman–Crippen MR) is 109 cm³/mol. The highest BCUT2D eigenvalue weighted by Gasteiger charge is 2.30. The third-order valence-electron chi connectivity index (χ3n) is 4.75. The molecule has 1 saturated heterocycles. The Morgan fingerprint density at radius 1 is 0.852 bits per heavy atom. The van der Waals surface area contributed by atoms with Crippen LogP contribution in [0.15, 0.2) is 59.8 Å². The third-order valence-corrected chi connectivity index (χ3v) is 7.26. The first-order valence-electron chi connectivity index (χ1n) is 8.50. The fourth-order valence-corrected chi connectivity index (χ4v) is 5.66. The summed E-state index contributed by atoms with van der Waals surface area (Å²) in [4.78, 5) is 6.31. The summed E-state index contributed by atoms with van der Waals surface area (Å²) in [5, 5.41) is 2.58. The van der Waals surface area contributed by atoms with E-state index in [-0.39, 0.29) is 0 Å². The van der Waals surface area contributed by atoms with Gasteiger partial charge in [-0.15, -0.1) is 0 Å². The molecule has 1 aliphatic rings. The minimum atomic E-state index is -3.59. The van der Waals surface area contributed by atoms with Gasteiger partial charge in [0.15, 0.2) is 0 Å². The van der Waals surface area contributed by atoms with E-state index in [0.717, 1.165) is 10.8 Å². The number of aromatic nitrogens is 1. The number of rotatable bonds is 3. The molecule has 27 heavy (non-hydrogen) atoms. The number of piperazine rings is 1. The molecule has 0 amide bonds. The molecular formula is C19H17Cl2N3O2S. The van der Waals surface area contributed by atoms with E-state index in [0.29, 0.717) is 46.8 Å². The van der Waals surface area contributed by atoms with Gasteiger partial charge in [0, 0.05) is 44.0 Å². The summed E-state index contributed by atoms with van der Waals surface area (Å²) < 4.78 is 28.0. The largest absolute Gasteiger partial charge is 0.366 e. The summed E-state index contributed by atoms with van der Waals surface area (Å²) in [5.74, 6) is 0. The lowest BCUT2D eigenvalue weighted by molar-refractivity contribution is 0.385. The summed E-state index contributed by atoms with van der Waals surface area (Å²) in [7, 11) is -3.59. The van der Waals surface area contributed by atoms with Gasteiger partial charge in [0.2, 0.25) is 10.0 Å². The Kier molecular flexibility index (Phi) is 4.99. The number of halogens is 2. The minimum Gasteiger partial charge on any atom is -0.366 e. The molecule has 0 aliphatic carbocycles. The first-order valence-corrected chi connectivity index (χ1v) is 10.7. The number of sulfonamides is 1. The van der Waals surface area contributed by atoms with Gasteiger partial charge in [-0.2, -0.15) is 4.31 Å². The van der Waals surface area contributed by atoms with Gasteiger partial charge in [0.25, 0.3) is 0 Å². The first-order chi connectivity index (χ1) is 13.0. The van der Waals surface area contributed by atoms with Crippen molar-refractivity contribution in [3.05, 3.63) is 64.9 Å². The Morgan fingerprint density at radius 2 is 1.48 bits per heavy atom. The van der Waals surface area contributed by atoms with Crippen molar-refractivity contribution in [2.45, 2.75) is 4.90 Å². The van der Waals surface area contributed by atoms with Crippen molar-refractivity contribution in [2.24, 2.45) is 0 Å². The molecule has 0 unspecified atom stereocenters. The summed E-state index contributed by atoms with van der Waals surface area (Å²) in [6.45, 7) is 1.74. The van der Waals surface area contributed by atoms with Crippen LogP contribution in [0.3, 0.4) is 0 Å². The average Bonchev–Trinajstić information content (AvgIpc) is 2.68. The molecule has 0 N–H and O–H groups in total. The van der Waals surface area contributed by atoms with Crippen LogP contribution in [0.25, 0.3) is 10.8 Å². The number of hydrogen-bond acceptors (Lipinski definition) is 4. The molecule has 0 bridgehead atoms. The maximum absolute atomic E-state index is 13.2. The molecule has 140 valence electrons. The van der Waals surface area contributed by atoms with Gasteiger partial charge in [-0.25, -0.2) is 8.42 Å². The van der Waals surface area contributed by atoms with E-state index in [1.165, 1.54) is 4.31 Å². The fraction of sp³-hybridized carbons (Fsp3) is 0.211. The van der Waals surface area contributed by atoms with E-state index in [9.17, 15) is 8.42 Å². The normalized spacial score (nSPS) is 16.0. The smallest absolute Gasteiger partial charge is 0.243 e. The maximum atomic E-state index is 13.2. The zero-order valence-corrected chi connectivity index (χ0v) is 16.7. The van der Waals surface area contributed by atoms with Crippen molar-refractivity contribution >= 4 is 49.7 Å². The summed E-state index contributed by atoms with van der Waals surface area (Å²) in [6.07, 6.45) is 3.09. The second-order valence-electron chi connectivity index (χ2n) is 6.32. The van der Waals surface area contributed by atoms with Crippen molar-refractivity contribution in [3.8, 4) is 0 Å².